The van der Waals surface area contributed by atoms with Crippen molar-refractivity contribution in [2.24, 2.45) is 4.99 Å². The Morgan fingerprint density at radius 1 is 1.35 bits per heavy atom. The van der Waals surface area contributed by atoms with Crippen molar-refractivity contribution >= 4 is 17.6 Å². The van der Waals surface area contributed by atoms with Crippen molar-refractivity contribution in [2.45, 2.75) is 12.3 Å². The van der Waals surface area contributed by atoms with Crippen molar-refractivity contribution in [3.63, 3.8) is 0 Å². The van der Waals surface area contributed by atoms with Crippen molar-refractivity contribution in [1.29, 1.82) is 0 Å². The number of nitrogens with zero attached hydrogens (tertiary/aromatic N) is 1. The fourth-order valence-corrected chi connectivity index (χ4v) is 2.56. The summed E-state index contributed by atoms with van der Waals surface area (Å²) in [7, 11) is 1.55. The highest BCUT2D eigenvalue weighted by molar-refractivity contribution is 6.26. The van der Waals surface area contributed by atoms with E-state index in [4.69, 9.17) is 4.74 Å². The van der Waals surface area contributed by atoms with Gasteiger partial charge in [0.25, 0.3) is 0 Å². The van der Waals surface area contributed by atoms with E-state index < -0.39 is 17.8 Å². The SMILES string of the molecule is CNC1=C(c2cccc(C(F)(F)F)c2)C(=O)C(C2=CC=NC2)O1. The Balaban J connectivity index is 1.99. The van der Waals surface area contributed by atoms with Gasteiger partial charge < -0.3 is 10.1 Å². The first-order chi connectivity index (χ1) is 10.9. The molecule has 1 N–H and O–H groups in total. The maximum Gasteiger partial charge on any atom is 0.416 e. The van der Waals surface area contributed by atoms with Crippen molar-refractivity contribution in [3.8, 4) is 0 Å². The van der Waals surface area contributed by atoms with Gasteiger partial charge in [-0.1, -0.05) is 12.1 Å². The number of ether oxygens (including phenoxy) is 1. The number of aliphatic imine (C=N–C) groups is 1. The summed E-state index contributed by atoms with van der Waals surface area (Å²) in [6.07, 6.45) is -2.05. The number of benzene rings is 1. The Morgan fingerprint density at radius 3 is 2.74 bits per heavy atom. The molecule has 1 unspecified atom stereocenters. The average molecular weight is 322 g/mol. The van der Waals surface area contributed by atoms with E-state index in [0.717, 1.165) is 12.1 Å². The topological polar surface area (TPSA) is 50.7 Å². The fourth-order valence-electron chi connectivity index (χ4n) is 2.56. The number of hydrogen-bond donors (Lipinski definition) is 1. The van der Waals surface area contributed by atoms with Gasteiger partial charge in [0.05, 0.1) is 17.7 Å². The van der Waals surface area contributed by atoms with Crippen LogP contribution in [0.2, 0.25) is 0 Å². The minimum Gasteiger partial charge on any atom is -0.462 e. The Kier molecular flexibility index (Phi) is 3.71. The molecule has 7 heteroatoms. The van der Waals surface area contributed by atoms with Gasteiger partial charge in [0.2, 0.25) is 5.78 Å². The first-order valence-electron chi connectivity index (χ1n) is 6.91. The Morgan fingerprint density at radius 2 is 2.13 bits per heavy atom. The number of halogens is 3. The molecular weight excluding hydrogens is 309 g/mol. The second-order valence-corrected chi connectivity index (χ2v) is 5.13. The number of hydrogen-bond acceptors (Lipinski definition) is 4. The van der Waals surface area contributed by atoms with Gasteiger partial charge in [-0.05, 0) is 23.8 Å². The number of Topliss-reactive ketones (excluding diaryl/α,β-unsaturated/α-hetero) is 1. The van der Waals surface area contributed by atoms with Crippen molar-refractivity contribution < 1.29 is 22.7 Å². The van der Waals surface area contributed by atoms with Crippen LogP contribution in [0, 0.1) is 0 Å². The maximum atomic E-state index is 12.9. The predicted octanol–water partition coefficient (Wildman–Crippen LogP) is 2.57. The minimum atomic E-state index is -4.47. The van der Waals surface area contributed by atoms with Crippen LogP contribution in [-0.4, -0.2) is 31.7 Å². The van der Waals surface area contributed by atoms with Crippen LogP contribution in [0.15, 0.2) is 46.8 Å². The summed E-state index contributed by atoms with van der Waals surface area (Å²) < 4.78 is 44.2. The highest BCUT2D eigenvalue weighted by Crippen LogP contribution is 2.35. The molecule has 0 amide bonds. The lowest BCUT2D eigenvalue weighted by molar-refractivity contribution is -0.137. The van der Waals surface area contributed by atoms with Gasteiger partial charge in [-0.25, -0.2) is 0 Å². The predicted molar refractivity (Wildman–Crippen MR) is 78.7 cm³/mol. The Bertz CT molecular complexity index is 748. The molecule has 0 bridgehead atoms. The normalized spacial score (nSPS) is 20.8. The largest absolute Gasteiger partial charge is 0.462 e. The lowest BCUT2D eigenvalue weighted by Crippen LogP contribution is -2.22. The van der Waals surface area contributed by atoms with Gasteiger partial charge in [0.15, 0.2) is 12.0 Å². The number of carbonyl (C=O) groups excluding carboxylic acids is 1. The minimum absolute atomic E-state index is 0.122. The number of allylic oxidation sites excluding steroid dienone is 1. The van der Waals surface area contributed by atoms with E-state index in [1.165, 1.54) is 12.1 Å². The van der Waals surface area contributed by atoms with E-state index in [-0.39, 0.29) is 22.8 Å². The molecule has 0 spiro atoms. The number of carbonyl (C=O) groups is 1. The van der Waals surface area contributed by atoms with E-state index in [9.17, 15) is 18.0 Å². The second-order valence-electron chi connectivity index (χ2n) is 5.13. The van der Waals surface area contributed by atoms with Crippen LogP contribution >= 0.6 is 0 Å². The van der Waals surface area contributed by atoms with Crippen LogP contribution in [0.3, 0.4) is 0 Å². The molecule has 120 valence electrons. The van der Waals surface area contributed by atoms with Gasteiger partial charge in [-0.15, -0.1) is 0 Å². The lowest BCUT2D eigenvalue weighted by atomic mass is 9.96. The molecule has 2 heterocycles. The maximum absolute atomic E-state index is 12.9. The van der Waals surface area contributed by atoms with Crippen molar-refractivity contribution in [1.82, 2.24) is 5.32 Å². The molecule has 0 aromatic heterocycles. The third kappa shape index (κ3) is 2.74. The molecule has 0 radical (unpaired) electrons. The number of rotatable bonds is 3. The van der Waals surface area contributed by atoms with Crippen LogP contribution in [0.4, 0.5) is 13.2 Å². The van der Waals surface area contributed by atoms with E-state index in [1.807, 2.05) is 0 Å². The monoisotopic (exact) mass is 322 g/mol. The van der Waals surface area contributed by atoms with Gasteiger partial charge in [-0.2, -0.15) is 13.2 Å². The third-order valence-electron chi connectivity index (χ3n) is 3.66. The zero-order valence-electron chi connectivity index (χ0n) is 12.1. The number of nitrogens with one attached hydrogen (secondary N) is 1. The summed E-state index contributed by atoms with van der Waals surface area (Å²) in [6.45, 7) is 0.350. The Hall–Kier alpha value is -2.57. The van der Waals surface area contributed by atoms with Crippen LogP contribution < -0.4 is 5.32 Å². The summed E-state index contributed by atoms with van der Waals surface area (Å²) in [6, 6.07) is 4.66. The zero-order chi connectivity index (χ0) is 16.6. The van der Waals surface area contributed by atoms with Gasteiger partial charge in [-0.3, -0.25) is 9.79 Å². The Labute approximate surface area is 130 Å². The highest BCUT2D eigenvalue weighted by Gasteiger charge is 2.39. The second kappa shape index (κ2) is 5.57. The van der Waals surface area contributed by atoms with Gasteiger partial charge >= 0.3 is 6.18 Å². The summed E-state index contributed by atoms with van der Waals surface area (Å²) in [5, 5.41) is 2.74. The molecule has 1 atom stereocenters. The number of ketones is 1. The quantitative estimate of drug-likeness (QED) is 0.930. The molecule has 23 heavy (non-hydrogen) atoms. The average Bonchev–Trinajstić information content (AvgIpc) is 3.13. The van der Waals surface area contributed by atoms with E-state index in [0.29, 0.717) is 12.1 Å². The summed E-state index contributed by atoms with van der Waals surface area (Å²) in [5.41, 5.74) is 0.176. The van der Waals surface area contributed by atoms with E-state index >= 15 is 0 Å². The first kappa shape index (κ1) is 15.3. The summed E-state index contributed by atoms with van der Waals surface area (Å²) in [4.78, 5) is 16.6. The number of alkyl halides is 3. The van der Waals surface area contributed by atoms with Crippen LogP contribution in [0.5, 0.6) is 0 Å². The highest BCUT2D eigenvalue weighted by atomic mass is 19.4. The molecule has 0 saturated carbocycles. The molecule has 0 fully saturated rings. The zero-order valence-corrected chi connectivity index (χ0v) is 12.1. The van der Waals surface area contributed by atoms with E-state index in [2.05, 4.69) is 10.3 Å². The van der Waals surface area contributed by atoms with Crippen LogP contribution in [0.25, 0.3) is 5.57 Å². The van der Waals surface area contributed by atoms with Crippen molar-refractivity contribution in [3.05, 3.63) is 52.9 Å². The van der Waals surface area contributed by atoms with Gasteiger partial charge in [0, 0.05) is 18.8 Å². The third-order valence-corrected chi connectivity index (χ3v) is 3.66. The van der Waals surface area contributed by atoms with Gasteiger partial charge in [0.1, 0.15) is 0 Å². The molecule has 1 aromatic rings. The van der Waals surface area contributed by atoms with Crippen molar-refractivity contribution in [2.75, 3.05) is 13.6 Å². The lowest BCUT2D eigenvalue weighted by Gasteiger charge is -2.11. The molecule has 0 aliphatic carbocycles. The molecular formula is C16H13F3N2O2. The smallest absolute Gasteiger partial charge is 0.416 e. The van der Waals surface area contributed by atoms with E-state index in [1.54, 1.807) is 19.3 Å². The summed E-state index contributed by atoms with van der Waals surface area (Å²) >= 11 is 0. The molecule has 1 aromatic carbocycles. The van der Waals surface area contributed by atoms with Crippen LogP contribution in [0.1, 0.15) is 11.1 Å². The standard InChI is InChI=1S/C16H13F3N2O2/c1-20-15-12(9-3-2-4-11(7-9)16(17,18)19)13(22)14(23-15)10-5-6-21-8-10/h2-7,14,20H,8H2,1H3. The molecule has 2 aliphatic rings. The fraction of sp³-hybridized carbons (Fsp3) is 0.250. The molecule has 3 rings (SSSR count). The molecule has 2 aliphatic heterocycles. The molecule has 0 saturated heterocycles. The summed E-state index contributed by atoms with van der Waals surface area (Å²) in [5.74, 6) is -0.197. The molecule has 4 nitrogen and oxygen atoms in total. The van der Waals surface area contributed by atoms with Crippen LogP contribution in [-0.2, 0) is 15.7 Å². The first-order valence-corrected chi connectivity index (χ1v) is 6.91.